The van der Waals surface area contributed by atoms with Crippen molar-refractivity contribution in [2.75, 3.05) is 6.61 Å². The number of ether oxygens (including phenoxy) is 1. The first-order valence-electron chi connectivity index (χ1n) is 7.75. The number of aliphatic hydroxyl groups excluding tert-OH is 1. The predicted octanol–water partition coefficient (Wildman–Crippen LogP) is 2.86. The number of carbonyl (C=O) groups is 1. The first-order valence-corrected chi connectivity index (χ1v) is 7.75. The third kappa shape index (κ3) is 9.39. The van der Waals surface area contributed by atoms with Crippen LogP contribution in [0, 0.1) is 13.8 Å². The molecule has 23 heavy (non-hydrogen) atoms. The standard InChI is InChI=1S/C18H27NO3.ClH/c1-4-22-18(21)8-6-16(19)5-7-17(20)12-15-10-13(2)9-14(3)11-15;/h5,7,9-11,16-17,20H,4,6,8,12,19H2,1-3H3;1H/b7-5+;/t16-,17+;/m0./s1. The van der Waals surface area contributed by atoms with E-state index in [1.165, 1.54) is 11.1 Å². The van der Waals surface area contributed by atoms with Gasteiger partial charge in [0.15, 0.2) is 0 Å². The molecule has 0 bridgehead atoms. The highest BCUT2D eigenvalue weighted by Crippen LogP contribution is 2.11. The van der Waals surface area contributed by atoms with Gasteiger partial charge in [-0.15, -0.1) is 12.4 Å². The van der Waals surface area contributed by atoms with Crippen molar-refractivity contribution >= 4 is 18.4 Å². The van der Waals surface area contributed by atoms with Crippen molar-refractivity contribution < 1.29 is 14.6 Å². The minimum absolute atomic E-state index is 0. The molecule has 2 atom stereocenters. The normalized spacial score (nSPS) is 13.4. The molecule has 0 fully saturated rings. The van der Waals surface area contributed by atoms with Crippen LogP contribution < -0.4 is 5.73 Å². The van der Waals surface area contributed by atoms with E-state index in [9.17, 15) is 9.90 Å². The van der Waals surface area contributed by atoms with Gasteiger partial charge in [0.25, 0.3) is 0 Å². The Kier molecular flexibility index (Phi) is 10.6. The number of aryl methyl sites for hydroxylation is 2. The van der Waals surface area contributed by atoms with Gasteiger partial charge in [0.2, 0.25) is 0 Å². The van der Waals surface area contributed by atoms with E-state index in [0.29, 0.717) is 25.9 Å². The van der Waals surface area contributed by atoms with E-state index in [-0.39, 0.29) is 24.4 Å². The molecule has 0 radical (unpaired) electrons. The second-order valence-corrected chi connectivity index (χ2v) is 5.66. The molecular formula is C18H28ClNO3. The lowest BCUT2D eigenvalue weighted by Gasteiger charge is -2.10. The number of rotatable bonds is 8. The van der Waals surface area contributed by atoms with E-state index in [2.05, 4.69) is 18.2 Å². The van der Waals surface area contributed by atoms with Crippen molar-refractivity contribution in [2.45, 2.75) is 52.2 Å². The van der Waals surface area contributed by atoms with Gasteiger partial charge in [-0.25, -0.2) is 0 Å². The smallest absolute Gasteiger partial charge is 0.305 e. The lowest BCUT2D eigenvalue weighted by Crippen LogP contribution is -2.20. The van der Waals surface area contributed by atoms with Gasteiger partial charge in [0.05, 0.1) is 12.7 Å². The molecule has 5 heteroatoms. The van der Waals surface area contributed by atoms with Crippen molar-refractivity contribution in [3.05, 3.63) is 47.0 Å². The molecule has 4 nitrogen and oxygen atoms in total. The molecule has 0 aliphatic heterocycles. The van der Waals surface area contributed by atoms with Gasteiger partial charge in [0.1, 0.15) is 0 Å². The number of halogens is 1. The van der Waals surface area contributed by atoms with Crippen LogP contribution in [0.5, 0.6) is 0 Å². The number of nitrogens with two attached hydrogens (primary N) is 1. The number of aliphatic hydroxyl groups is 1. The lowest BCUT2D eigenvalue weighted by atomic mass is 10.0. The lowest BCUT2D eigenvalue weighted by molar-refractivity contribution is -0.143. The summed E-state index contributed by atoms with van der Waals surface area (Å²) in [7, 11) is 0. The molecule has 0 unspecified atom stereocenters. The van der Waals surface area contributed by atoms with Crippen molar-refractivity contribution in [2.24, 2.45) is 5.73 Å². The van der Waals surface area contributed by atoms with Crippen LogP contribution in [-0.2, 0) is 16.0 Å². The summed E-state index contributed by atoms with van der Waals surface area (Å²) in [6.45, 7) is 6.26. The SMILES string of the molecule is CCOC(=O)CC[C@@H](N)/C=C/[C@@H](O)Cc1cc(C)cc(C)c1.Cl. The average Bonchev–Trinajstić information content (AvgIpc) is 2.42. The fourth-order valence-electron chi connectivity index (χ4n) is 2.38. The number of carbonyl (C=O) groups excluding carboxylic acids is 1. The maximum atomic E-state index is 11.2. The predicted molar refractivity (Wildman–Crippen MR) is 95.9 cm³/mol. The summed E-state index contributed by atoms with van der Waals surface area (Å²) in [5.41, 5.74) is 9.39. The zero-order valence-corrected chi connectivity index (χ0v) is 14.9. The maximum Gasteiger partial charge on any atom is 0.305 e. The van der Waals surface area contributed by atoms with Crippen LogP contribution in [0.15, 0.2) is 30.4 Å². The molecule has 0 aliphatic carbocycles. The Morgan fingerprint density at radius 3 is 2.43 bits per heavy atom. The Morgan fingerprint density at radius 2 is 1.87 bits per heavy atom. The van der Waals surface area contributed by atoms with Gasteiger partial charge in [-0.05, 0) is 32.8 Å². The molecule has 0 saturated heterocycles. The maximum absolute atomic E-state index is 11.2. The van der Waals surface area contributed by atoms with Crippen LogP contribution >= 0.6 is 12.4 Å². The minimum atomic E-state index is -0.574. The first kappa shape index (κ1) is 21.6. The molecule has 1 aromatic rings. The summed E-state index contributed by atoms with van der Waals surface area (Å²) in [6.07, 6.45) is 4.26. The Hall–Kier alpha value is -1.36. The highest BCUT2D eigenvalue weighted by molar-refractivity contribution is 5.85. The van der Waals surface area contributed by atoms with Crippen molar-refractivity contribution in [3.63, 3.8) is 0 Å². The summed E-state index contributed by atoms with van der Waals surface area (Å²) in [4.78, 5) is 11.2. The number of hydrogen-bond donors (Lipinski definition) is 2. The van der Waals surface area contributed by atoms with Gasteiger partial charge in [-0.3, -0.25) is 4.79 Å². The second-order valence-electron chi connectivity index (χ2n) is 5.66. The minimum Gasteiger partial charge on any atom is -0.466 e. The molecule has 130 valence electrons. The Balaban J connectivity index is 0.00000484. The zero-order valence-electron chi connectivity index (χ0n) is 14.1. The van der Waals surface area contributed by atoms with Gasteiger partial charge in [-0.2, -0.15) is 0 Å². The molecule has 0 spiro atoms. The molecule has 0 saturated carbocycles. The molecule has 0 heterocycles. The molecule has 0 aliphatic rings. The summed E-state index contributed by atoms with van der Waals surface area (Å²) in [6, 6.07) is 6.00. The second kappa shape index (κ2) is 11.2. The van der Waals surface area contributed by atoms with Gasteiger partial charge >= 0.3 is 5.97 Å². The first-order chi connectivity index (χ1) is 10.4. The topological polar surface area (TPSA) is 72.5 Å². The number of benzene rings is 1. The van der Waals surface area contributed by atoms with Crippen molar-refractivity contribution in [1.29, 1.82) is 0 Å². The molecule has 3 N–H and O–H groups in total. The Bertz CT molecular complexity index is 497. The quantitative estimate of drug-likeness (QED) is 0.563. The highest BCUT2D eigenvalue weighted by Gasteiger charge is 2.07. The fourth-order valence-corrected chi connectivity index (χ4v) is 2.38. The highest BCUT2D eigenvalue weighted by atomic mass is 35.5. The third-order valence-corrected chi connectivity index (χ3v) is 3.29. The molecule has 0 aromatic heterocycles. The van der Waals surface area contributed by atoms with Crippen LogP contribution in [-0.4, -0.2) is 29.8 Å². The summed E-state index contributed by atoms with van der Waals surface area (Å²) in [5.74, 6) is -0.234. The van der Waals surface area contributed by atoms with Gasteiger partial charge in [-0.1, -0.05) is 41.5 Å². The molecule has 0 amide bonds. The molecule has 1 rings (SSSR count). The van der Waals surface area contributed by atoms with E-state index in [1.807, 2.05) is 13.8 Å². The van der Waals surface area contributed by atoms with Crippen LogP contribution in [0.3, 0.4) is 0 Å². The Labute approximate surface area is 145 Å². The monoisotopic (exact) mass is 341 g/mol. The zero-order chi connectivity index (χ0) is 16.5. The van der Waals surface area contributed by atoms with E-state index < -0.39 is 6.10 Å². The van der Waals surface area contributed by atoms with Crippen LogP contribution in [0.25, 0.3) is 0 Å². The molecular weight excluding hydrogens is 314 g/mol. The largest absolute Gasteiger partial charge is 0.466 e. The number of hydrogen-bond acceptors (Lipinski definition) is 4. The summed E-state index contributed by atoms with van der Waals surface area (Å²) >= 11 is 0. The van der Waals surface area contributed by atoms with Crippen LogP contribution in [0.4, 0.5) is 0 Å². The summed E-state index contributed by atoms with van der Waals surface area (Å²) in [5, 5.41) is 10.1. The Morgan fingerprint density at radius 1 is 1.26 bits per heavy atom. The third-order valence-electron chi connectivity index (χ3n) is 3.29. The summed E-state index contributed by atoms with van der Waals surface area (Å²) < 4.78 is 4.85. The van der Waals surface area contributed by atoms with E-state index >= 15 is 0 Å². The van der Waals surface area contributed by atoms with E-state index in [0.717, 1.165) is 5.56 Å². The number of esters is 1. The van der Waals surface area contributed by atoms with Crippen LogP contribution in [0.1, 0.15) is 36.5 Å². The van der Waals surface area contributed by atoms with E-state index in [1.54, 1.807) is 19.1 Å². The van der Waals surface area contributed by atoms with Gasteiger partial charge in [0, 0.05) is 18.9 Å². The fraction of sp³-hybridized carbons (Fsp3) is 0.500. The molecule has 1 aromatic carbocycles. The van der Waals surface area contributed by atoms with Crippen molar-refractivity contribution in [1.82, 2.24) is 0 Å². The van der Waals surface area contributed by atoms with Crippen LogP contribution in [0.2, 0.25) is 0 Å². The van der Waals surface area contributed by atoms with Gasteiger partial charge < -0.3 is 15.6 Å². The average molecular weight is 342 g/mol. The van der Waals surface area contributed by atoms with Crippen molar-refractivity contribution in [3.8, 4) is 0 Å². The van der Waals surface area contributed by atoms with E-state index in [4.69, 9.17) is 10.5 Å².